The van der Waals surface area contributed by atoms with Crippen LogP contribution in [0.4, 0.5) is 0 Å². The first kappa shape index (κ1) is 15.6. The Morgan fingerprint density at radius 3 is 2.70 bits per heavy atom. The molecule has 0 saturated heterocycles. The molecule has 1 amide bonds. The lowest BCUT2D eigenvalue weighted by Gasteiger charge is -2.09. The molecule has 0 radical (unpaired) electrons. The summed E-state index contributed by atoms with van der Waals surface area (Å²) < 4.78 is 2.10. The van der Waals surface area contributed by atoms with Gasteiger partial charge in [-0.3, -0.25) is 4.79 Å². The fourth-order valence-corrected chi connectivity index (χ4v) is 2.79. The molecule has 0 aliphatic rings. The molecule has 4 heteroatoms. The summed E-state index contributed by atoms with van der Waals surface area (Å²) in [5.74, 6) is -0.0393. The minimum atomic E-state index is -0.0393. The van der Waals surface area contributed by atoms with E-state index < -0.39 is 0 Å². The van der Waals surface area contributed by atoms with Gasteiger partial charge in [-0.15, -0.1) is 0 Å². The summed E-state index contributed by atoms with van der Waals surface area (Å²) in [7, 11) is 0. The fraction of sp³-hybridized carbons (Fsp3) is 0.211. The van der Waals surface area contributed by atoms with E-state index in [1.165, 1.54) is 5.56 Å². The number of nitrogens with one attached hydrogen (secondary N) is 1. The summed E-state index contributed by atoms with van der Waals surface area (Å²) in [5.41, 5.74) is 4.10. The van der Waals surface area contributed by atoms with Gasteiger partial charge in [0.1, 0.15) is 0 Å². The molecule has 0 spiro atoms. The molecule has 0 atom stereocenters. The van der Waals surface area contributed by atoms with Crippen LogP contribution >= 0.6 is 11.6 Å². The number of carbonyl (C=O) groups is 1. The molecule has 0 aliphatic carbocycles. The van der Waals surface area contributed by atoms with Crippen LogP contribution in [0, 0.1) is 13.8 Å². The first-order valence-electron chi connectivity index (χ1n) is 7.64. The molecule has 3 aromatic rings. The summed E-state index contributed by atoms with van der Waals surface area (Å²) in [6.45, 7) is 5.34. The average molecular weight is 327 g/mol. The van der Waals surface area contributed by atoms with Crippen molar-refractivity contribution in [2.24, 2.45) is 0 Å². The summed E-state index contributed by atoms with van der Waals surface area (Å²) in [6.07, 6.45) is 2.02. The summed E-state index contributed by atoms with van der Waals surface area (Å²) in [4.78, 5) is 12.2. The summed E-state index contributed by atoms with van der Waals surface area (Å²) in [5, 5.41) is 4.84. The molecule has 3 rings (SSSR count). The van der Waals surface area contributed by atoms with E-state index in [4.69, 9.17) is 11.6 Å². The van der Waals surface area contributed by atoms with E-state index in [1.807, 2.05) is 56.4 Å². The third-order valence-electron chi connectivity index (χ3n) is 4.14. The second kappa shape index (κ2) is 6.47. The van der Waals surface area contributed by atoms with Crippen molar-refractivity contribution in [1.82, 2.24) is 9.88 Å². The normalized spacial score (nSPS) is 10.9. The number of aromatic nitrogens is 1. The molecular weight excluding hydrogens is 308 g/mol. The van der Waals surface area contributed by atoms with Gasteiger partial charge in [-0.25, -0.2) is 0 Å². The zero-order chi connectivity index (χ0) is 16.4. The Hall–Kier alpha value is -2.26. The van der Waals surface area contributed by atoms with E-state index in [2.05, 4.69) is 16.0 Å². The smallest absolute Gasteiger partial charge is 0.251 e. The molecule has 2 aromatic carbocycles. The molecular formula is C19H19ClN2O. The number of amides is 1. The number of hydrogen-bond acceptors (Lipinski definition) is 1. The van der Waals surface area contributed by atoms with Gasteiger partial charge in [0.15, 0.2) is 0 Å². The van der Waals surface area contributed by atoms with Crippen LogP contribution in [0.2, 0.25) is 5.02 Å². The second-order valence-corrected chi connectivity index (χ2v) is 6.20. The van der Waals surface area contributed by atoms with Crippen LogP contribution in [0.3, 0.4) is 0 Å². The number of carbonyl (C=O) groups excluding carboxylic acids is 1. The van der Waals surface area contributed by atoms with Gasteiger partial charge in [0.25, 0.3) is 5.91 Å². The molecule has 0 saturated carbocycles. The molecule has 0 unspecified atom stereocenters. The van der Waals surface area contributed by atoms with Crippen LogP contribution in [0.25, 0.3) is 10.9 Å². The number of nitrogens with zero attached hydrogens (tertiary/aromatic N) is 1. The fourth-order valence-electron chi connectivity index (χ4n) is 2.63. The molecule has 1 heterocycles. The van der Waals surface area contributed by atoms with Crippen molar-refractivity contribution in [2.75, 3.05) is 6.54 Å². The summed E-state index contributed by atoms with van der Waals surface area (Å²) >= 11 is 6.06. The predicted octanol–water partition coefficient (Wildman–Crippen LogP) is 4.34. The topological polar surface area (TPSA) is 34.0 Å². The predicted molar refractivity (Wildman–Crippen MR) is 95.2 cm³/mol. The molecule has 23 heavy (non-hydrogen) atoms. The summed E-state index contributed by atoms with van der Waals surface area (Å²) in [6, 6.07) is 13.7. The quantitative estimate of drug-likeness (QED) is 0.760. The number of benzene rings is 2. The van der Waals surface area contributed by atoms with Crippen molar-refractivity contribution in [1.29, 1.82) is 0 Å². The van der Waals surface area contributed by atoms with E-state index in [-0.39, 0.29) is 5.91 Å². The van der Waals surface area contributed by atoms with Gasteiger partial charge >= 0.3 is 0 Å². The molecule has 0 bridgehead atoms. The van der Waals surface area contributed by atoms with Crippen molar-refractivity contribution in [2.45, 2.75) is 20.4 Å². The maximum absolute atomic E-state index is 12.2. The Morgan fingerprint density at radius 1 is 1.09 bits per heavy atom. The van der Waals surface area contributed by atoms with E-state index in [9.17, 15) is 4.79 Å². The van der Waals surface area contributed by atoms with Crippen LogP contribution in [0.15, 0.2) is 48.7 Å². The molecule has 3 nitrogen and oxygen atoms in total. The minimum absolute atomic E-state index is 0.0393. The maximum Gasteiger partial charge on any atom is 0.251 e. The van der Waals surface area contributed by atoms with Gasteiger partial charge < -0.3 is 9.88 Å². The van der Waals surface area contributed by atoms with Crippen molar-refractivity contribution in [3.63, 3.8) is 0 Å². The van der Waals surface area contributed by atoms with Crippen LogP contribution < -0.4 is 5.32 Å². The number of halogens is 1. The highest BCUT2D eigenvalue weighted by atomic mass is 35.5. The van der Waals surface area contributed by atoms with E-state index in [0.29, 0.717) is 18.7 Å². The van der Waals surface area contributed by atoms with Gasteiger partial charge in [0, 0.05) is 35.4 Å². The number of fused-ring (bicyclic) bond motifs is 1. The SMILES string of the molecule is Cc1ccc(C(=O)NCCn2ccc3ccc(Cl)cc32)cc1C. The third-order valence-corrected chi connectivity index (χ3v) is 4.38. The van der Waals surface area contributed by atoms with Crippen molar-refractivity contribution < 1.29 is 4.79 Å². The van der Waals surface area contributed by atoms with Crippen LogP contribution in [-0.4, -0.2) is 17.0 Å². The highest BCUT2D eigenvalue weighted by Crippen LogP contribution is 2.20. The van der Waals surface area contributed by atoms with Gasteiger partial charge in [0.2, 0.25) is 0 Å². The monoisotopic (exact) mass is 326 g/mol. The highest BCUT2D eigenvalue weighted by Gasteiger charge is 2.07. The lowest BCUT2D eigenvalue weighted by atomic mass is 10.1. The Kier molecular flexibility index (Phi) is 4.39. The van der Waals surface area contributed by atoms with Crippen molar-refractivity contribution in [3.05, 3.63) is 70.4 Å². The average Bonchev–Trinajstić information content (AvgIpc) is 2.92. The van der Waals surface area contributed by atoms with Gasteiger partial charge in [-0.05, 0) is 60.7 Å². The largest absolute Gasteiger partial charge is 0.350 e. The lowest BCUT2D eigenvalue weighted by Crippen LogP contribution is -2.27. The number of rotatable bonds is 4. The zero-order valence-corrected chi connectivity index (χ0v) is 14.0. The molecule has 118 valence electrons. The van der Waals surface area contributed by atoms with Crippen LogP contribution in [0.1, 0.15) is 21.5 Å². The molecule has 0 fully saturated rings. The number of aryl methyl sites for hydroxylation is 2. The second-order valence-electron chi connectivity index (χ2n) is 5.77. The molecule has 1 N–H and O–H groups in total. The first-order valence-corrected chi connectivity index (χ1v) is 8.02. The Bertz CT molecular complexity index is 867. The Balaban J connectivity index is 1.65. The standard InChI is InChI=1S/C19H19ClN2O/c1-13-3-4-16(11-14(13)2)19(23)21-8-10-22-9-7-15-5-6-17(20)12-18(15)22/h3-7,9,11-12H,8,10H2,1-2H3,(H,21,23). The van der Waals surface area contributed by atoms with Crippen LogP contribution in [0.5, 0.6) is 0 Å². The minimum Gasteiger partial charge on any atom is -0.350 e. The lowest BCUT2D eigenvalue weighted by molar-refractivity contribution is 0.0952. The van der Waals surface area contributed by atoms with Crippen molar-refractivity contribution in [3.8, 4) is 0 Å². The van der Waals surface area contributed by atoms with E-state index in [1.54, 1.807) is 0 Å². The van der Waals surface area contributed by atoms with Gasteiger partial charge in [-0.2, -0.15) is 0 Å². The van der Waals surface area contributed by atoms with Gasteiger partial charge in [0.05, 0.1) is 0 Å². The third kappa shape index (κ3) is 3.40. The van der Waals surface area contributed by atoms with E-state index in [0.717, 1.165) is 21.5 Å². The first-order chi connectivity index (χ1) is 11.0. The Labute approximate surface area is 140 Å². The molecule has 1 aromatic heterocycles. The van der Waals surface area contributed by atoms with Crippen molar-refractivity contribution >= 4 is 28.4 Å². The maximum atomic E-state index is 12.2. The number of hydrogen-bond donors (Lipinski definition) is 1. The van der Waals surface area contributed by atoms with E-state index >= 15 is 0 Å². The Morgan fingerprint density at radius 2 is 1.91 bits per heavy atom. The van der Waals surface area contributed by atoms with Crippen LogP contribution in [-0.2, 0) is 6.54 Å². The molecule has 0 aliphatic heterocycles. The zero-order valence-electron chi connectivity index (χ0n) is 13.3. The van der Waals surface area contributed by atoms with Gasteiger partial charge in [-0.1, -0.05) is 23.7 Å². The highest BCUT2D eigenvalue weighted by molar-refractivity contribution is 6.31.